The maximum Gasteiger partial charge on any atom is 0.573 e. The molecule has 1 saturated heterocycles. The smallest absolute Gasteiger partial charge is 0.406 e. The minimum absolute atomic E-state index is 0.228. The van der Waals surface area contributed by atoms with E-state index in [0.29, 0.717) is 30.8 Å². The molecule has 4 rings (SSSR count). The molecular weight excluding hydrogens is 438 g/mol. The van der Waals surface area contributed by atoms with E-state index >= 15 is 0 Å². The Bertz CT molecular complexity index is 904. The molecule has 2 aliphatic rings. The lowest BCUT2D eigenvalue weighted by Crippen LogP contribution is -2.27. The number of rotatable bonds is 8. The Morgan fingerprint density at radius 3 is 2.06 bits per heavy atom. The quantitative estimate of drug-likeness (QED) is 0.566. The number of ether oxygens (including phenoxy) is 2. The second-order valence-electron chi connectivity index (χ2n) is 8.20. The van der Waals surface area contributed by atoms with E-state index in [2.05, 4.69) is 19.7 Å². The van der Waals surface area contributed by atoms with Gasteiger partial charge in [-0.1, -0.05) is 24.3 Å². The van der Waals surface area contributed by atoms with Gasteiger partial charge in [0.05, 0.1) is 0 Å². The average molecular weight is 460 g/mol. The molecule has 32 heavy (non-hydrogen) atoms. The summed E-state index contributed by atoms with van der Waals surface area (Å²) in [5.41, 5.74) is 1.65. The van der Waals surface area contributed by atoms with Gasteiger partial charge in [0, 0.05) is 26.2 Å². The fourth-order valence-electron chi connectivity index (χ4n) is 4.46. The summed E-state index contributed by atoms with van der Waals surface area (Å²) < 4.78 is 81.5. The van der Waals surface area contributed by atoms with Gasteiger partial charge in [-0.2, -0.15) is 0 Å². The third-order valence-corrected chi connectivity index (χ3v) is 5.85. The van der Waals surface area contributed by atoms with Crippen LogP contribution in [0.1, 0.15) is 11.1 Å². The van der Waals surface area contributed by atoms with Crippen molar-refractivity contribution in [3.05, 3.63) is 59.7 Å². The van der Waals surface area contributed by atoms with Gasteiger partial charge < -0.3 is 14.8 Å². The number of fused-ring (bicyclic) bond motifs is 1. The lowest BCUT2D eigenvalue weighted by Gasteiger charge is -2.20. The zero-order chi connectivity index (χ0) is 22.9. The number of hydrogen-bond acceptors (Lipinski definition) is 4. The zero-order valence-electron chi connectivity index (χ0n) is 16.9. The second-order valence-corrected chi connectivity index (χ2v) is 8.20. The molecule has 0 radical (unpaired) electrons. The summed E-state index contributed by atoms with van der Waals surface area (Å²) in [5, 5.41) is 3.31. The van der Waals surface area contributed by atoms with Gasteiger partial charge in [-0.15, -0.1) is 26.3 Å². The number of nitrogens with one attached hydrogen (secondary N) is 1. The summed E-state index contributed by atoms with van der Waals surface area (Å²) in [6.45, 7) is 3.77. The molecule has 1 saturated carbocycles. The molecule has 1 aliphatic carbocycles. The Morgan fingerprint density at radius 2 is 1.44 bits per heavy atom. The summed E-state index contributed by atoms with van der Waals surface area (Å²) in [6, 6.07) is 11.8. The van der Waals surface area contributed by atoms with Crippen molar-refractivity contribution in [1.82, 2.24) is 10.2 Å². The molecule has 2 aromatic rings. The van der Waals surface area contributed by atoms with Crippen molar-refractivity contribution >= 4 is 0 Å². The minimum Gasteiger partial charge on any atom is -0.406 e. The largest absolute Gasteiger partial charge is 0.573 e. The highest BCUT2D eigenvalue weighted by molar-refractivity contribution is 5.29. The number of benzene rings is 2. The van der Waals surface area contributed by atoms with Gasteiger partial charge in [-0.3, -0.25) is 4.90 Å². The monoisotopic (exact) mass is 460 g/mol. The SMILES string of the molecule is FC(F)(F)Oc1ccc(CN2CC3C(CNCc4cccc(OC(F)(F)F)c4)C3C2)cc1. The molecule has 1 N–H and O–H groups in total. The van der Waals surface area contributed by atoms with Gasteiger partial charge in [0.2, 0.25) is 0 Å². The molecule has 0 aromatic heterocycles. The first-order valence-electron chi connectivity index (χ1n) is 10.2. The first-order chi connectivity index (χ1) is 15.1. The van der Waals surface area contributed by atoms with E-state index in [1.165, 1.54) is 30.3 Å². The van der Waals surface area contributed by atoms with Crippen LogP contribution in [0.2, 0.25) is 0 Å². The molecule has 1 aliphatic heterocycles. The summed E-state index contributed by atoms with van der Waals surface area (Å²) >= 11 is 0. The number of piperidine rings is 1. The summed E-state index contributed by atoms with van der Waals surface area (Å²) in [6.07, 6.45) is -9.40. The molecule has 0 bridgehead atoms. The van der Waals surface area contributed by atoms with Crippen molar-refractivity contribution in [1.29, 1.82) is 0 Å². The van der Waals surface area contributed by atoms with Gasteiger partial charge >= 0.3 is 12.7 Å². The van der Waals surface area contributed by atoms with Gasteiger partial charge in [-0.25, -0.2) is 0 Å². The topological polar surface area (TPSA) is 33.7 Å². The molecule has 2 fully saturated rings. The van der Waals surface area contributed by atoms with Crippen LogP contribution in [0.25, 0.3) is 0 Å². The Hall–Kier alpha value is -2.46. The second kappa shape index (κ2) is 8.82. The van der Waals surface area contributed by atoms with Gasteiger partial charge in [0.15, 0.2) is 0 Å². The number of alkyl halides is 6. The van der Waals surface area contributed by atoms with Crippen LogP contribution in [-0.4, -0.2) is 37.3 Å². The third-order valence-electron chi connectivity index (χ3n) is 5.85. The highest BCUT2D eigenvalue weighted by atomic mass is 19.4. The van der Waals surface area contributed by atoms with E-state index in [9.17, 15) is 26.3 Å². The van der Waals surface area contributed by atoms with Crippen molar-refractivity contribution in [2.75, 3.05) is 19.6 Å². The molecule has 4 nitrogen and oxygen atoms in total. The van der Waals surface area contributed by atoms with Crippen LogP contribution >= 0.6 is 0 Å². The third kappa shape index (κ3) is 6.29. The van der Waals surface area contributed by atoms with Crippen LogP contribution in [-0.2, 0) is 13.1 Å². The lowest BCUT2D eigenvalue weighted by atomic mass is 10.2. The number of likely N-dealkylation sites (tertiary alicyclic amines) is 1. The van der Waals surface area contributed by atoms with Crippen LogP contribution < -0.4 is 14.8 Å². The molecule has 2 aromatic carbocycles. The minimum atomic E-state index is -4.71. The Labute approximate surface area is 181 Å². The molecule has 174 valence electrons. The van der Waals surface area contributed by atoms with Crippen molar-refractivity contribution in [2.45, 2.75) is 25.8 Å². The average Bonchev–Trinajstić information content (AvgIpc) is 3.12. The fraction of sp³-hybridized carbons (Fsp3) is 0.455. The molecule has 2 atom stereocenters. The van der Waals surface area contributed by atoms with Crippen LogP contribution in [0.5, 0.6) is 11.5 Å². The molecule has 0 amide bonds. The molecular formula is C22H22F6N2O2. The number of nitrogens with zero attached hydrogens (tertiary/aromatic N) is 1. The van der Waals surface area contributed by atoms with E-state index in [0.717, 1.165) is 30.8 Å². The van der Waals surface area contributed by atoms with E-state index in [1.807, 2.05) is 0 Å². The normalized spacial score (nSPS) is 23.1. The highest BCUT2D eigenvalue weighted by Crippen LogP contribution is 2.51. The highest BCUT2D eigenvalue weighted by Gasteiger charge is 2.54. The molecule has 0 spiro atoms. The zero-order valence-corrected chi connectivity index (χ0v) is 16.9. The molecule has 2 unspecified atom stereocenters. The van der Waals surface area contributed by atoms with E-state index < -0.39 is 12.7 Å². The Balaban J connectivity index is 1.17. The van der Waals surface area contributed by atoms with Gasteiger partial charge in [-0.05, 0) is 59.7 Å². The van der Waals surface area contributed by atoms with Crippen LogP contribution in [0, 0.1) is 17.8 Å². The fourth-order valence-corrected chi connectivity index (χ4v) is 4.46. The van der Waals surface area contributed by atoms with E-state index in [-0.39, 0.29) is 11.5 Å². The first-order valence-corrected chi connectivity index (χ1v) is 10.2. The summed E-state index contributed by atoms with van der Waals surface area (Å²) in [7, 11) is 0. The lowest BCUT2D eigenvalue weighted by molar-refractivity contribution is -0.275. The standard InChI is InChI=1S/C22H22F6N2O2/c23-21(24,25)31-16-6-4-14(5-7-16)11-30-12-19-18(20(19)13-30)10-29-9-15-2-1-3-17(8-15)32-22(26,27)28/h1-8,18-20,29H,9-13H2. The van der Waals surface area contributed by atoms with Crippen LogP contribution in [0.4, 0.5) is 26.3 Å². The Kier molecular flexibility index (Phi) is 6.26. The van der Waals surface area contributed by atoms with Crippen LogP contribution in [0.15, 0.2) is 48.5 Å². The van der Waals surface area contributed by atoms with Gasteiger partial charge in [0.25, 0.3) is 0 Å². The van der Waals surface area contributed by atoms with E-state index in [4.69, 9.17) is 0 Å². The predicted octanol–water partition coefficient (Wildman–Crippen LogP) is 4.95. The summed E-state index contributed by atoms with van der Waals surface area (Å²) in [4.78, 5) is 2.28. The van der Waals surface area contributed by atoms with Crippen molar-refractivity contribution in [2.24, 2.45) is 17.8 Å². The van der Waals surface area contributed by atoms with Crippen molar-refractivity contribution in [3.63, 3.8) is 0 Å². The molecule has 1 heterocycles. The number of halogens is 6. The van der Waals surface area contributed by atoms with Gasteiger partial charge in [0.1, 0.15) is 11.5 Å². The first kappa shape index (κ1) is 22.7. The summed E-state index contributed by atoms with van der Waals surface area (Å²) in [5.74, 6) is 1.20. The van der Waals surface area contributed by atoms with Crippen LogP contribution in [0.3, 0.4) is 0 Å². The molecule has 10 heteroatoms. The van der Waals surface area contributed by atoms with Crippen molar-refractivity contribution < 1.29 is 35.8 Å². The van der Waals surface area contributed by atoms with Crippen molar-refractivity contribution in [3.8, 4) is 11.5 Å². The Morgan fingerprint density at radius 1 is 0.812 bits per heavy atom. The maximum atomic E-state index is 12.3. The number of hydrogen-bond donors (Lipinski definition) is 1. The predicted molar refractivity (Wildman–Crippen MR) is 104 cm³/mol. The maximum absolute atomic E-state index is 12.3. The van der Waals surface area contributed by atoms with E-state index in [1.54, 1.807) is 18.2 Å².